The van der Waals surface area contributed by atoms with Crippen LogP contribution >= 0.6 is 0 Å². The van der Waals surface area contributed by atoms with Crippen molar-refractivity contribution in [2.45, 2.75) is 12.4 Å². The highest BCUT2D eigenvalue weighted by Crippen LogP contribution is 2.37. The van der Waals surface area contributed by atoms with Gasteiger partial charge in [0.15, 0.2) is 0 Å². The van der Waals surface area contributed by atoms with E-state index in [9.17, 15) is 26.3 Å². The lowest BCUT2D eigenvalue weighted by atomic mass is 9.88. The first-order chi connectivity index (χ1) is 22.0. The van der Waals surface area contributed by atoms with E-state index in [0.717, 1.165) is 67.4 Å². The van der Waals surface area contributed by atoms with Crippen molar-refractivity contribution in [1.82, 2.24) is 0 Å². The molecule has 46 heavy (non-hydrogen) atoms. The van der Waals surface area contributed by atoms with E-state index in [2.05, 4.69) is 23.7 Å². The Morgan fingerprint density at radius 3 is 0.978 bits per heavy atom. The molecule has 6 heteroatoms. The van der Waals surface area contributed by atoms with Crippen LogP contribution in [0.2, 0.25) is 0 Å². The fraction of sp³-hybridized carbons (Fsp3) is 0.0500. The van der Waals surface area contributed by atoms with Gasteiger partial charge in [0.2, 0.25) is 0 Å². The Morgan fingerprint density at radius 1 is 0.348 bits per heavy atom. The molecular formula is C40H20F6. The first kappa shape index (κ1) is 29.0. The lowest BCUT2D eigenvalue weighted by Gasteiger charge is -2.14. The summed E-state index contributed by atoms with van der Waals surface area (Å²) < 4.78 is 80.7. The quantitative estimate of drug-likeness (QED) is 0.0906. The SMILES string of the molecule is FC(F)(F)c1cccc(C#Cc2c3cc4ccccc4cc3c(C#Cc3cccc(C(F)(F)F)c3)c3cc4ccccc4cc23)c1. The molecule has 0 bridgehead atoms. The molecule has 0 aliphatic heterocycles. The van der Waals surface area contributed by atoms with Crippen molar-refractivity contribution in [3.63, 3.8) is 0 Å². The highest BCUT2D eigenvalue weighted by Gasteiger charge is 2.31. The Bertz CT molecular complexity index is 2190. The molecule has 0 heterocycles. The van der Waals surface area contributed by atoms with Crippen molar-refractivity contribution in [3.05, 3.63) is 155 Å². The summed E-state index contributed by atoms with van der Waals surface area (Å²) in [7, 11) is 0. The number of fused-ring (bicyclic) bond motifs is 4. The van der Waals surface area contributed by atoms with Crippen LogP contribution in [0.4, 0.5) is 26.3 Å². The number of hydrogen-bond donors (Lipinski definition) is 0. The molecule has 222 valence electrons. The second kappa shape index (κ2) is 11.0. The highest BCUT2D eigenvalue weighted by atomic mass is 19.4. The van der Waals surface area contributed by atoms with E-state index in [1.165, 1.54) is 24.3 Å². The van der Waals surface area contributed by atoms with E-state index >= 15 is 0 Å². The molecule has 0 unspecified atom stereocenters. The fourth-order valence-corrected chi connectivity index (χ4v) is 5.68. The molecule has 0 aliphatic rings. The van der Waals surface area contributed by atoms with E-state index in [4.69, 9.17) is 0 Å². The van der Waals surface area contributed by atoms with E-state index in [1.807, 2.05) is 72.8 Å². The molecule has 0 spiro atoms. The largest absolute Gasteiger partial charge is 0.416 e. The first-order valence-electron chi connectivity index (χ1n) is 14.2. The zero-order chi connectivity index (χ0) is 32.1. The van der Waals surface area contributed by atoms with Gasteiger partial charge in [0.05, 0.1) is 11.1 Å². The van der Waals surface area contributed by atoms with E-state index in [1.54, 1.807) is 0 Å². The van der Waals surface area contributed by atoms with Crippen LogP contribution in [-0.4, -0.2) is 0 Å². The molecule has 0 N–H and O–H groups in total. The van der Waals surface area contributed by atoms with Crippen molar-refractivity contribution >= 4 is 43.1 Å². The summed E-state index contributed by atoms with van der Waals surface area (Å²) in [6.07, 6.45) is -9.01. The molecule has 7 aromatic rings. The number of alkyl halides is 6. The molecule has 0 nitrogen and oxygen atoms in total. The van der Waals surface area contributed by atoms with Crippen molar-refractivity contribution in [3.8, 4) is 23.7 Å². The first-order valence-corrected chi connectivity index (χ1v) is 14.2. The monoisotopic (exact) mass is 614 g/mol. The predicted octanol–water partition coefficient (Wildman–Crippen LogP) is 11.1. The fourth-order valence-electron chi connectivity index (χ4n) is 5.68. The van der Waals surface area contributed by atoms with E-state index in [-0.39, 0.29) is 11.1 Å². The van der Waals surface area contributed by atoms with Crippen LogP contribution in [0.1, 0.15) is 33.4 Å². The molecule has 0 saturated heterocycles. The maximum Gasteiger partial charge on any atom is 0.416 e. The van der Waals surface area contributed by atoms with Gasteiger partial charge in [-0.2, -0.15) is 26.3 Å². The van der Waals surface area contributed by atoms with Crippen LogP contribution in [0.5, 0.6) is 0 Å². The van der Waals surface area contributed by atoms with Crippen molar-refractivity contribution in [2.75, 3.05) is 0 Å². The normalized spacial score (nSPS) is 11.8. The summed E-state index contributed by atoms with van der Waals surface area (Å²) in [5.41, 5.74) is 0.0850. The Hall–Kier alpha value is -5.72. The smallest absolute Gasteiger partial charge is 0.166 e. The Labute approximate surface area is 259 Å². The van der Waals surface area contributed by atoms with Gasteiger partial charge in [-0.05, 0) is 104 Å². The topological polar surface area (TPSA) is 0 Å². The Balaban J connectivity index is 1.56. The predicted molar refractivity (Wildman–Crippen MR) is 171 cm³/mol. The molecule has 0 aromatic heterocycles. The molecule has 0 saturated carbocycles. The molecule has 7 aromatic carbocycles. The van der Waals surface area contributed by atoms with Crippen LogP contribution in [-0.2, 0) is 12.4 Å². The molecular weight excluding hydrogens is 594 g/mol. The average Bonchev–Trinajstić information content (AvgIpc) is 3.04. The number of benzene rings is 7. The van der Waals surface area contributed by atoms with Crippen LogP contribution in [0.3, 0.4) is 0 Å². The number of halogens is 6. The summed E-state index contributed by atoms with van der Waals surface area (Å²) in [5.74, 6) is 12.3. The summed E-state index contributed by atoms with van der Waals surface area (Å²) in [6.45, 7) is 0. The van der Waals surface area contributed by atoms with Crippen molar-refractivity contribution in [1.29, 1.82) is 0 Å². The van der Waals surface area contributed by atoms with Gasteiger partial charge in [-0.1, -0.05) is 84.3 Å². The molecule has 0 aliphatic carbocycles. The third-order valence-electron chi connectivity index (χ3n) is 7.89. The van der Waals surface area contributed by atoms with Gasteiger partial charge in [-0.3, -0.25) is 0 Å². The summed E-state index contributed by atoms with van der Waals surface area (Å²) in [4.78, 5) is 0. The molecule has 0 amide bonds. The van der Waals surface area contributed by atoms with Gasteiger partial charge in [-0.15, -0.1) is 0 Å². The van der Waals surface area contributed by atoms with Crippen molar-refractivity contribution in [2.24, 2.45) is 0 Å². The van der Waals surface area contributed by atoms with Crippen LogP contribution in [0.15, 0.2) is 121 Å². The second-order valence-electron chi connectivity index (χ2n) is 10.9. The lowest BCUT2D eigenvalue weighted by molar-refractivity contribution is -0.138. The maximum atomic E-state index is 13.4. The third-order valence-corrected chi connectivity index (χ3v) is 7.89. The standard InChI is InChI=1S/C40H20F6/c41-39(42,43)31-13-5-7-25(19-31)15-17-33-35-21-27-9-1-2-10-28(27)22-36(35)34(18-16-26-8-6-14-32(20-26)40(44,45)46)38-24-30-12-4-3-11-29(30)23-37(33)38/h1-14,19-24H. The zero-order valence-electron chi connectivity index (χ0n) is 23.8. The second-order valence-corrected chi connectivity index (χ2v) is 10.9. The lowest BCUT2D eigenvalue weighted by Crippen LogP contribution is -2.04. The number of hydrogen-bond acceptors (Lipinski definition) is 0. The highest BCUT2D eigenvalue weighted by molar-refractivity contribution is 6.16. The average molecular weight is 615 g/mol. The minimum absolute atomic E-state index is 0.214. The summed E-state index contributed by atoms with van der Waals surface area (Å²) in [6, 6.07) is 33.2. The zero-order valence-corrected chi connectivity index (χ0v) is 23.8. The minimum atomic E-state index is -4.51. The molecule has 7 rings (SSSR count). The van der Waals surface area contributed by atoms with Crippen LogP contribution in [0, 0.1) is 23.7 Å². The van der Waals surface area contributed by atoms with Gasteiger partial charge in [-0.25, -0.2) is 0 Å². The van der Waals surface area contributed by atoms with Gasteiger partial charge in [0.1, 0.15) is 0 Å². The molecule has 0 atom stereocenters. The van der Waals surface area contributed by atoms with Gasteiger partial charge in [0, 0.05) is 22.3 Å². The van der Waals surface area contributed by atoms with Crippen LogP contribution in [0.25, 0.3) is 43.1 Å². The minimum Gasteiger partial charge on any atom is -0.166 e. The van der Waals surface area contributed by atoms with E-state index < -0.39 is 23.5 Å². The Kier molecular flexibility index (Phi) is 6.95. The van der Waals surface area contributed by atoms with Crippen molar-refractivity contribution < 1.29 is 26.3 Å². The summed E-state index contributed by atoms with van der Waals surface area (Å²) >= 11 is 0. The maximum absolute atomic E-state index is 13.4. The number of rotatable bonds is 0. The summed E-state index contributed by atoms with van der Waals surface area (Å²) in [5, 5.41) is 6.62. The Morgan fingerprint density at radius 2 is 0.674 bits per heavy atom. The van der Waals surface area contributed by atoms with Gasteiger partial charge in [0.25, 0.3) is 0 Å². The van der Waals surface area contributed by atoms with E-state index in [0.29, 0.717) is 11.1 Å². The third kappa shape index (κ3) is 5.51. The molecule has 0 fully saturated rings. The van der Waals surface area contributed by atoms with Gasteiger partial charge >= 0.3 is 12.4 Å². The van der Waals surface area contributed by atoms with Gasteiger partial charge < -0.3 is 0 Å². The molecule has 0 radical (unpaired) electrons. The van der Waals surface area contributed by atoms with Crippen LogP contribution < -0.4 is 0 Å².